The maximum absolute atomic E-state index is 5.88. The fourth-order valence-corrected chi connectivity index (χ4v) is 3.89. The molecule has 3 atom stereocenters. The molecule has 2 fully saturated rings. The molecule has 2 aliphatic rings. The molecule has 1 saturated heterocycles. The van der Waals surface area contributed by atoms with Gasteiger partial charge in [0.15, 0.2) is 5.96 Å². The third-order valence-corrected chi connectivity index (χ3v) is 5.03. The van der Waals surface area contributed by atoms with Crippen molar-refractivity contribution in [3.8, 4) is 0 Å². The smallest absolute Gasteiger partial charge is 0.194 e. The average Bonchev–Trinajstić information content (AvgIpc) is 3.13. The van der Waals surface area contributed by atoms with Crippen molar-refractivity contribution in [2.24, 2.45) is 16.3 Å². The fourth-order valence-electron chi connectivity index (χ4n) is 3.89. The highest BCUT2D eigenvalue weighted by Crippen LogP contribution is 2.52. The molecule has 1 aromatic rings. The summed E-state index contributed by atoms with van der Waals surface area (Å²) < 4.78 is 11.3. The first kappa shape index (κ1) is 15.4. The van der Waals surface area contributed by atoms with Crippen LogP contribution in [0.5, 0.6) is 0 Å². The van der Waals surface area contributed by atoms with Gasteiger partial charge in [-0.05, 0) is 25.5 Å². The van der Waals surface area contributed by atoms with Crippen molar-refractivity contribution in [2.45, 2.75) is 45.9 Å². The first-order valence-electron chi connectivity index (χ1n) is 8.20. The van der Waals surface area contributed by atoms with Crippen LogP contribution in [0.25, 0.3) is 0 Å². The maximum Gasteiger partial charge on any atom is 0.194 e. The van der Waals surface area contributed by atoms with Crippen molar-refractivity contribution in [3.63, 3.8) is 0 Å². The lowest BCUT2D eigenvalue weighted by atomic mass is 9.57. The summed E-state index contributed by atoms with van der Waals surface area (Å²) in [5.74, 6) is 2.50. The van der Waals surface area contributed by atoms with Crippen LogP contribution in [0, 0.1) is 11.3 Å². The summed E-state index contributed by atoms with van der Waals surface area (Å²) >= 11 is 0. The molecular weight excluding hydrogens is 278 g/mol. The fraction of sp³-hybridized carbons (Fsp3) is 0.706. The number of hydrogen-bond acceptors (Lipinski definition) is 3. The number of nitrogens with one attached hydrogen (secondary N) is 1. The molecule has 122 valence electrons. The van der Waals surface area contributed by atoms with Crippen LogP contribution < -0.4 is 5.32 Å². The molecule has 22 heavy (non-hydrogen) atoms. The molecule has 3 unspecified atom stereocenters. The van der Waals surface area contributed by atoms with E-state index in [-0.39, 0.29) is 5.41 Å². The molecule has 5 nitrogen and oxygen atoms in total. The van der Waals surface area contributed by atoms with Gasteiger partial charge in [-0.3, -0.25) is 4.99 Å². The Balaban J connectivity index is 1.68. The number of ether oxygens (including phenoxy) is 1. The van der Waals surface area contributed by atoms with E-state index in [1.165, 1.54) is 0 Å². The largest absolute Gasteiger partial charge is 0.467 e. The van der Waals surface area contributed by atoms with Crippen molar-refractivity contribution in [1.82, 2.24) is 10.2 Å². The second kappa shape index (κ2) is 5.95. The highest BCUT2D eigenvalue weighted by Gasteiger charge is 2.59. The minimum absolute atomic E-state index is 0.154. The van der Waals surface area contributed by atoms with Crippen LogP contribution in [0.3, 0.4) is 0 Å². The summed E-state index contributed by atoms with van der Waals surface area (Å²) in [6.07, 6.45) is 3.25. The van der Waals surface area contributed by atoms with E-state index in [4.69, 9.17) is 9.15 Å². The van der Waals surface area contributed by atoms with Gasteiger partial charge in [-0.25, -0.2) is 0 Å². The molecule has 1 aromatic heterocycles. The van der Waals surface area contributed by atoms with Crippen molar-refractivity contribution in [1.29, 1.82) is 0 Å². The first-order chi connectivity index (χ1) is 10.5. The van der Waals surface area contributed by atoms with Gasteiger partial charge in [0.05, 0.1) is 18.9 Å². The topological polar surface area (TPSA) is 50.0 Å². The Morgan fingerprint density at radius 1 is 1.50 bits per heavy atom. The Hall–Kier alpha value is -1.49. The molecule has 3 rings (SSSR count). The van der Waals surface area contributed by atoms with Crippen LogP contribution in [0.1, 0.15) is 33.0 Å². The van der Waals surface area contributed by atoms with Gasteiger partial charge in [0, 0.05) is 37.6 Å². The zero-order valence-electron chi connectivity index (χ0n) is 14.0. The van der Waals surface area contributed by atoms with Gasteiger partial charge in [-0.2, -0.15) is 0 Å². The summed E-state index contributed by atoms with van der Waals surface area (Å²) in [6, 6.07) is 4.33. The third kappa shape index (κ3) is 2.62. The van der Waals surface area contributed by atoms with E-state index in [9.17, 15) is 0 Å². The van der Waals surface area contributed by atoms with Crippen LogP contribution >= 0.6 is 0 Å². The lowest BCUT2D eigenvalue weighted by Crippen LogP contribution is -2.67. The molecule has 0 aromatic carbocycles. The molecule has 0 spiro atoms. The Morgan fingerprint density at radius 2 is 2.32 bits per heavy atom. The summed E-state index contributed by atoms with van der Waals surface area (Å²) in [5.41, 5.74) is 0.154. The Labute approximate surface area is 132 Å². The average molecular weight is 305 g/mol. The molecular formula is C17H27N3O2. The second-order valence-corrected chi connectivity index (χ2v) is 6.92. The summed E-state index contributed by atoms with van der Waals surface area (Å²) in [6.45, 7) is 9.01. The molecule has 0 bridgehead atoms. The van der Waals surface area contributed by atoms with E-state index in [0.717, 1.165) is 37.8 Å². The molecule has 0 amide bonds. The van der Waals surface area contributed by atoms with E-state index >= 15 is 0 Å². The highest BCUT2D eigenvalue weighted by atomic mass is 16.5. The van der Waals surface area contributed by atoms with Crippen LogP contribution in [0.15, 0.2) is 27.8 Å². The number of furan rings is 1. The molecule has 0 radical (unpaired) electrons. The summed E-state index contributed by atoms with van der Waals surface area (Å²) in [7, 11) is 2.05. The Morgan fingerprint density at radius 3 is 3.00 bits per heavy atom. The molecule has 1 saturated carbocycles. The lowest BCUT2D eigenvalue weighted by molar-refractivity contribution is -0.107. The number of aliphatic imine (C=N–C) groups is 1. The maximum atomic E-state index is 5.88. The number of hydrogen-bond donors (Lipinski definition) is 1. The van der Waals surface area contributed by atoms with Crippen LogP contribution in [0.4, 0.5) is 0 Å². The van der Waals surface area contributed by atoms with Crippen LogP contribution in [-0.2, 0) is 11.3 Å². The molecule has 1 aliphatic carbocycles. The zero-order valence-corrected chi connectivity index (χ0v) is 14.0. The van der Waals surface area contributed by atoms with Crippen molar-refractivity contribution in [2.75, 3.05) is 20.2 Å². The standard InChI is InChI=1S/C17H27N3O2/c1-5-18-16(20(4)11-12-7-6-9-21-12)19-14-13-8-10-22-15(13)17(14,2)3/h6-7,9,13-15H,5,8,10-11H2,1-4H3,(H,18,19). The third-order valence-electron chi connectivity index (χ3n) is 5.03. The van der Waals surface area contributed by atoms with Crippen molar-refractivity contribution < 1.29 is 9.15 Å². The van der Waals surface area contributed by atoms with Gasteiger partial charge in [-0.1, -0.05) is 13.8 Å². The van der Waals surface area contributed by atoms with Gasteiger partial charge in [0.2, 0.25) is 0 Å². The van der Waals surface area contributed by atoms with Crippen molar-refractivity contribution in [3.05, 3.63) is 24.2 Å². The van der Waals surface area contributed by atoms with Crippen LogP contribution in [-0.4, -0.2) is 43.2 Å². The zero-order chi connectivity index (χ0) is 15.7. The molecule has 1 N–H and O–H groups in total. The number of guanidine groups is 1. The van der Waals surface area contributed by atoms with Gasteiger partial charge in [0.1, 0.15) is 5.76 Å². The monoisotopic (exact) mass is 305 g/mol. The van der Waals surface area contributed by atoms with Gasteiger partial charge < -0.3 is 19.4 Å². The van der Waals surface area contributed by atoms with Gasteiger partial charge in [0.25, 0.3) is 0 Å². The molecule has 2 heterocycles. The summed E-state index contributed by atoms with van der Waals surface area (Å²) in [5, 5.41) is 3.68. The van der Waals surface area contributed by atoms with E-state index < -0.39 is 0 Å². The molecule has 5 heteroatoms. The highest BCUT2D eigenvalue weighted by molar-refractivity contribution is 5.80. The number of nitrogens with zero attached hydrogens (tertiary/aromatic N) is 2. The van der Waals surface area contributed by atoms with E-state index in [2.05, 4.69) is 43.0 Å². The Kier molecular flexibility index (Phi) is 4.17. The second-order valence-electron chi connectivity index (χ2n) is 6.92. The lowest BCUT2D eigenvalue weighted by Gasteiger charge is -2.55. The predicted molar refractivity (Wildman–Crippen MR) is 86.7 cm³/mol. The SMILES string of the molecule is CCN=C(NC1C2CCOC2C1(C)C)N(C)Cc1ccco1. The van der Waals surface area contributed by atoms with E-state index in [1.807, 2.05) is 12.1 Å². The van der Waals surface area contributed by atoms with E-state index in [1.54, 1.807) is 6.26 Å². The normalized spacial score (nSPS) is 29.8. The van der Waals surface area contributed by atoms with Crippen LogP contribution in [0.2, 0.25) is 0 Å². The minimum atomic E-state index is 0.154. The quantitative estimate of drug-likeness (QED) is 0.686. The van der Waals surface area contributed by atoms with E-state index in [0.29, 0.717) is 18.1 Å². The predicted octanol–water partition coefficient (Wildman–Crippen LogP) is 2.49. The molecule has 1 aliphatic heterocycles. The minimum Gasteiger partial charge on any atom is -0.467 e. The van der Waals surface area contributed by atoms with Gasteiger partial charge in [-0.15, -0.1) is 0 Å². The summed E-state index contributed by atoms with van der Waals surface area (Å²) in [4.78, 5) is 6.78. The Bertz CT molecular complexity index is 524. The van der Waals surface area contributed by atoms with Crippen molar-refractivity contribution >= 4 is 5.96 Å². The first-order valence-corrected chi connectivity index (χ1v) is 8.20. The van der Waals surface area contributed by atoms with Gasteiger partial charge >= 0.3 is 0 Å². The number of fused-ring (bicyclic) bond motifs is 1. The number of rotatable bonds is 4.